The molecule has 2 aliphatic carbocycles. The summed E-state index contributed by atoms with van der Waals surface area (Å²) >= 11 is 0. The van der Waals surface area contributed by atoms with Gasteiger partial charge >= 0.3 is 0 Å². The fourth-order valence-electron chi connectivity index (χ4n) is 4.25. The molecule has 2 saturated carbocycles. The Morgan fingerprint density at radius 2 is 1.71 bits per heavy atom. The molecule has 0 bridgehead atoms. The smallest absolute Gasteiger partial charge is 0.00700 e. The van der Waals surface area contributed by atoms with Crippen LogP contribution in [-0.2, 0) is 0 Å². The number of hydrogen-bond acceptors (Lipinski definition) is 1. The monoisotopic (exact) mass is 237 g/mol. The van der Waals surface area contributed by atoms with Crippen LogP contribution in [0.15, 0.2) is 0 Å². The van der Waals surface area contributed by atoms with E-state index < -0.39 is 0 Å². The maximum absolute atomic E-state index is 6.40. The second kappa shape index (κ2) is 6.22. The van der Waals surface area contributed by atoms with Crippen molar-refractivity contribution in [2.45, 2.75) is 77.7 Å². The molecule has 1 nitrogen and oxygen atoms in total. The minimum Gasteiger partial charge on any atom is -0.327 e. The summed E-state index contributed by atoms with van der Waals surface area (Å²) in [4.78, 5) is 0. The van der Waals surface area contributed by atoms with Gasteiger partial charge in [0.1, 0.15) is 0 Å². The molecule has 1 heteroatoms. The molecule has 3 atom stereocenters. The average Bonchev–Trinajstić information content (AvgIpc) is 2.33. The topological polar surface area (TPSA) is 26.0 Å². The zero-order chi connectivity index (χ0) is 12.3. The standard InChI is InChI=1S/C16H31N/c1-3-4-13-7-10-16(17)15(11-13)14-8-5-12(2)6-9-14/h12-16H,3-11,17H2,1-2H3. The summed E-state index contributed by atoms with van der Waals surface area (Å²) in [5.41, 5.74) is 6.40. The van der Waals surface area contributed by atoms with Gasteiger partial charge in [0.2, 0.25) is 0 Å². The van der Waals surface area contributed by atoms with Crippen LogP contribution in [0.3, 0.4) is 0 Å². The van der Waals surface area contributed by atoms with Gasteiger partial charge in [-0.1, -0.05) is 39.5 Å². The third-order valence-electron chi connectivity index (χ3n) is 5.43. The molecule has 0 amide bonds. The van der Waals surface area contributed by atoms with Crippen LogP contribution < -0.4 is 5.73 Å². The van der Waals surface area contributed by atoms with Crippen molar-refractivity contribution in [1.29, 1.82) is 0 Å². The molecule has 3 unspecified atom stereocenters. The van der Waals surface area contributed by atoms with Crippen molar-refractivity contribution < 1.29 is 0 Å². The third-order valence-corrected chi connectivity index (χ3v) is 5.43. The normalized spacial score (nSPS) is 43.6. The Kier molecular flexibility index (Phi) is 4.90. The predicted octanol–water partition coefficient (Wildman–Crippen LogP) is 4.36. The first-order chi connectivity index (χ1) is 8.20. The Labute approximate surface area is 108 Å². The number of rotatable bonds is 3. The Hall–Kier alpha value is -0.0400. The molecule has 0 aliphatic heterocycles. The van der Waals surface area contributed by atoms with Crippen LogP contribution in [0.5, 0.6) is 0 Å². The molecule has 0 aromatic carbocycles. The van der Waals surface area contributed by atoms with Gasteiger partial charge in [-0.05, 0) is 55.8 Å². The molecule has 0 saturated heterocycles. The van der Waals surface area contributed by atoms with Gasteiger partial charge in [-0.3, -0.25) is 0 Å². The van der Waals surface area contributed by atoms with Crippen molar-refractivity contribution in [2.24, 2.45) is 29.4 Å². The summed E-state index contributed by atoms with van der Waals surface area (Å²) < 4.78 is 0. The molecule has 0 aromatic heterocycles. The highest BCUT2D eigenvalue weighted by Crippen LogP contribution is 2.42. The van der Waals surface area contributed by atoms with E-state index in [1.54, 1.807) is 0 Å². The van der Waals surface area contributed by atoms with Gasteiger partial charge in [0.25, 0.3) is 0 Å². The van der Waals surface area contributed by atoms with E-state index in [1.807, 2.05) is 0 Å². The lowest BCUT2D eigenvalue weighted by atomic mass is 9.66. The van der Waals surface area contributed by atoms with E-state index in [4.69, 9.17) is 5.73 Å². The van der Waals surface area contributed by atoms with Crippen LogP contribution in [0.1, 0.15) is 71.6 Å². The molecule has 0 aromatic rings. The molecular formula is C16H31N. The van der Waals surface area contributed by atoms with E-state index in [2.05, 4.69) is 13.8 Å². The van der Waals surface area contributed by atoms with Crippen LogP contribution >= 0.6 is 0 Å². The quantitative estimate of drug-likeness (QED) is 0.775. The highest BCUT2D eigenvalue weighted by Gasteiger charge is 2.34. The summed E-state index contributed by atoms with van der Waals surface area (Å²) in [5.74, 6) is 3.77. The molecule has 17 heavy (non-hydrogen) atoms. The SMILES string of the molecule is CCCC1CCC(N)C(C2CCC(C)CC2)C1. The van der Waals surface area contributed by atoms with E-state index in [9.17, 15) is 0 Å². The molecule has 2 fully saturated rings. The lowest BCUT2D eigenvalue weighted by molar-refractivity contribution is 0.120. The number of hydrogen-bond donors (Lipinski definition) is 1. The second-order valence-corrected chi connectivity index (χ2v) is 6.82. The van der Waals surface area contributed by atoms with Crippen molar-refractivity contribution in [3.63, 3.8) is 0 Å². The van der Waals surface area contributed by atoms with E-state index >= 15 is 0 Å². The van der Waals surface area contributed by atoms with Gasteiger partial charge < -0.3 is 5.73 Å². The van der Waals surface area contributed by atoms with Gasteiger partial charge in [0.05, 0.1) is 0 Å². The first kappa shape index (κ1) is 13.4. The zero-order valence-corrected chi connectivity index (χ0v) is 11.8. The molecule has 0 spiro atoms. The molecule has 0 heterocycles. The Morgan fingerprint density at radius 1 is 1.00 bits per heavy atom. The fourth-order valence-corrected chi connectivity index (χ4v) is 4.25. The zero-order valence-electron chi connectivity index (χ0n) is 11.8. The highest BCUT2D eigenvalue weighted by molar-refractivity contribution is 4.88. The van der Waals surface area contributed by atoms with Crippen molar-refractivity contribution in [2.75, 3.05) is 0 Å². The summed E-state index contributed by atoms with van der Waals surface area (Å²) in [6.45, 7) is 4.74. The third kappa shape index (κ3) is 3.47. The molecule has 100 valence electrons. The lowest BCUT2D eigenvalue weighted by Gasteiger charge is -2.41. The summed E-state index contributed by atoms with van der Waals surface area (Å²) in [6, 6.07) is 0.515. The molecule has 2 rings (SSSR count). The van der Waals surface area contributed by atoms with Crippen LogP contribution in [0.25, 0.3) is 0 Å². The second-order valence-electron chi connectivity index (χ2n) is 6.82. The summed E-state index contributed by atoms with van der Waals surface area (Å²) in [6.07, 6.45) is 12.7. The number of nitrogens with two attached hydrogens (primary N) is 1. The average molecular weight is 237 g/mol. The molecule has 2 aliphatic rings. The van der Waals surface area contributed by atoms with Crippen LogP contribution in [-0.4, -0.2) is 6.04 Å². The Balaban J connectivity index is 1.88. The molecular weight excluding hydrogens is 206 g/mol. The highest BCUT2D eigenvalue weighted by atomic mass is 14.7. The minimum absolute atomic E-state index is 0.515. The van der Waals surface area contributed by atoms with E-state index in [1.165, 1.54) is 57.8 Å². The lowest BCUT2D eigenvalue weighted by Crippen LogP contribution is -2.41. The van der Waals surface area contributed by atoms with Crippen molar-refractivity contribution in [3.05, 3.63) is 0 Å². The van der Waals surface area contributed by atoms with Gasteiger partial charge in [0.15, 0.2) is 0 Å². The van der Waals surface area contributed by atoms with Crippen molar-refractivity contribution in [1.82, 2.24) is 0 Å². The largest absolute Gasteiger partial charge is 0.327 e. The first-order valence-electron chi connectivity index (χ1n) is 7.96. The van der Waals surface area contributed by atoms with E-state index in [0.29, 0.717) is 6.04 Å². The Morgan fingerprint density at radius 3 is 2.35 bits per heavy atom. The van der Waals surface area contributed by atoms with Crippen molar-refractivity contribution in [3.8, 4) is 0 Å². The summed E-state index contributed by atoms with van der Waals surface area (Å²) in [7, 11) is 0. The first-order valence-corrected chi connectivity index (χ1v) is 7.96. The van der Waals surface area contributed by atoms with Crippen LogP contribution in [0.4, 0.5) is 0 Å². The minimum atomic E-state index is 0.515. The maximum Gasteiger partial charge on any atom is 0.00700 e. The van der Waals surface area contributed by atoms with Gasteiger partial charge in [0, 0.05) is 6.04 Å². The van der Waals surface area contributed by atoms with E-state index in [-0.39, 0.29) is 0 Å². The van der Waals surface area contributed by atoms with Gasteiger partial charge in [-0.15, -0.1) is 0 Å². The van der Waals surface area contributed by atoms with Crippen LogP contribution in [0.2, 0.25) is 0 Å². The summed E-state index contributed by atoms with van der Waals surface area (Å²) in [5, 5.41) is 0. The predicted molar refractivity (Wildman–Crippen MR) is 74.8 cm³/mol. The Bertz CT molecular complexity index is 218. The van der Waals surface area contributed by atoms with Gasteiger partial charge in [-0.25, -0.2) is 0 Å². The van der Waals surface area contributed by atoms with Crippen molar-refractivity contribution >= 4 is 0 Å². The fraction of sp³-hybridized carbons (Fsp3) is 1.00. The molecule has 2 N–H and O–H groups in total. The van der Waals surface area contributed by atoms with Gasteiger partial charge in [-0.2, -0.15) is 0 Å². The van der Waals surface area contributed by atoms with E-state index in [0.717, 1.165) is 23.7 Å². The van der Waals surface area contributed by atoms with Crippen LogP contribution in [0, 0.1) is 23.7 Å². The maximum atomic E-state index is 6.40. The molecule has 0 radical (unpaired) electrons.